The number of urea groups is 1. The molecule has 0 radical (unpaired) electrons. The van der Waals surface area contributed by atoms with Crippen LogP contribution in [0.25, 0.3) is 11.7 Å². The Bertz CT molecular complexity index is 1310. The van der Waals surface area contributed by atoms with Crippen LogP contribution in [0.15, 0.2) is 28.9 Å². The Morgan fingerprint density at radius 2 is 2.14 bits per heavy atom. The lowest BCUT2D eigenvalue weighted by molar-refractivity contribution is -0.133. The molecule has 3 N–H and O–H groups in total. The summed E-state index contributed by atoms with van der Waals surface area (Å²) in [5.74, 6) is -0.0358. The van der Waals surface area contributed by atoms with Gasteiger partial charge >= 0.3 is 6.03 Å². The van der Waals surface area contributed by atoms with Crippen LogP contribution >= 0.6 is 11.8 Å². The zero-order valence-corrected chi connectivity index (χ0v) is 19.3. The number of aromatic nitrogens is 3. The van der Waals surface area contributed by atoms with Crippen molar-refractivity contribution in [2.45, 2.75) is 36.7 Å². The molecule has 0 aromatic carbocycles. The monoisotopic (exact) mass is 499 g/mol. The predicted molar refractivity (Wildman–Crippen MR) is 125 cm³/mol. The predicted octanol–water partition coefficient (Wildman–Crippen LogP) is 1.39. The second-order valence-electron chi connectivity index (χ2n) is 8.90. The highest BCUT2D eigenvalue weighted by Crippen LogP contribution is 2.45. The number of carbonyl (C=O) groups is 3. The highest BCUT2D eigenvalue weighted by atomic mass is 32.2. The van der Waals surface area contributed by atoms with Gasteiger partial charge in [-0.25, -0.2) is 19.1 Å². The van der Waals surface area contributed by atoms with Crippen molar-refractivity contribution in [3.63, 3.8) is 0 Å². The number of aliphatic hydroxyl groups is 1. The number of likely N-dealkylation sites (tertiary alicyclic amines) is 1. The molecule has 2 saturated heterocycles. The summed E-state index contributed by atoms with van der Waals surface area (Å²) in [6, 6.07) is 1.57. The third-order valence-corrected chi connectivity index (χ3v) is 7.62. The first-order valence-corrected chi connectivity index (χ1v) is 12.2. The number of alkyl halides is 1. The molecule has 1 unspecified atom stereocenters. The number of fused-ring (bicyclic) bond motifs is 1. The number of hydrogen-bond donors (Lipinski definition) is 3. The van der Waals surface area contributed by atoms with Crippen LogP contribution in [-0.2, 0) is 9.59 Å². The third kappa shape index (κ3) is 3.93. The highest BCUT2D eigenvalue weighted by molar-refractivity contribution is 8.04. The molecule has 1 saturated carbocycles. The molecule has 2 aromatic heterocycles. The Morgan fingerprint density at radius 1 is 1.34 bits per heavy atom. The summed E-state index contributed by atoms with van der Waals surface area (Å²) in [7, 11) is 0. The number of amides is 4. The van der Waals surface area contributed by atoms with E-state index in [0.29, 0.717) is 33.5 Å². The molecule has 0 spiro atoms. The van der Waals surface area contributed by atoms with Crippen molar-refractivity contribution in [2.24, 2.45) is 0 Å². The first-order valence-electron chi connectivity index (χ1n) is 11.3. The lowest BCUT2D eigenvalue weighted by atomic mass is 10.1. The summed E-state index contributed by atoms with van der Waals surface area (Å²) in [4.78, 5) is 44.5. The Balaban J connectivity index is 1.31. The van der Waals surface area contributed by atoms with Crippen molar-refractivity contribution in [3.8, 4) is 0 Å². The molecule has 4 amide bonds. The average Bonchev–Trinajstić information content (AvgIpc) is 3.23. The van der Waals surface area contributed by atoms with Gasteiger partial charge < -0.3 is 20.6 Å². The summed E-state index contributed by atoms with van der Waals surface area (Å²) in [6.45, 7) is -0.444. The van der Waals surface area contributed by atoms with E-state index in [-0.39, 0.29) is 29.9 Å². The van der Waals surface area contributed by atoms with Gasteiger partial charge in [-0.1, -0.05) is 6.08 Å². The Hall–Kier alpha value is -3.45. The molecular weight excluding hydrogens is 477 g/mol. The molecule has 11 nitrogen and oxygen atoms in total. The van der Waals surface area contributed by atoms with Gasteiger partial charge in [0.2, 0.25) is 0 Å². The van der Waals surface area contributed by atoms with Crippen LogP contribution in [0.2, 0.25) is 0 Å². The number of aliphatic hydroxyl groups excluding tert-OH is 1. The standard InChI is InChI=1S/C22H22FN7O4S/c23-12-8-28(9-12)21(33)17-4-3-16(35-17)14-6-18(25-13-1-2-13)30-19(26-14)11(7-24-30)5-15-20(32)29(10-31)22(34)27-15/h4-7,12-13,16,25,31H,1-3,8-10H2,(H,27,34)/b15-5-. The number of hydrogen-bond acceptors (Lipinski definition) is 8. The minimum absolute atomic E-state index is 0.0216. The fourth-order valence-corrected chi connectivity index (χ4v) is 5.35. The minimum Gasteiger partial charge on any atom is -0.376 e. The van der Waals surface area contributed by atoms with Crippen LogP contribution in [0, 0.1) is 0 Å². The fourth-order valence-electron chi connectivity index (χ4n) is 4.19. The van der Waals surface area contributed by atoms with Crippen molar-refractivity contribution in [1.82, 2.24) is 29.7 Å². The number of rotatable bonds is 6. The molecule has 4 aliphatic rings. The second-order valence-corrected chi connectivity index (χ2v) is 10.1. The van der Waals surface area contributed by atoms with Gasteiger partial charge in [0.05, 0.1) is 35.1 Å². The van der Waals surface area contributed by atoms with Crippen LogP contribution in [0.3, 0.4) is 0 Å². The van der Waals surface area contributed by atoms with Gasteiger partial charge in [-0.2, -0.15) is 9.61 Å². The molecule has 3 fully saturated rings. The first-order chi connectivity index (χ1) is 16.9. The van der Waals surface area contributed by atoms with E-state index in [9.17, 15) is 23.9 Å². The molecule has 0 bridgehead atoms. The quantitative estimate of drug-likeness (QED) is 0.401. The minimum atomic E-state index is -0.947. The summed E-state index contributed by atoms with van der Waals surface area (Å²) < 4.78 is 14.8. The Kier molecular flexibility index (Phi) is 5.25. The molecule has 182 valence electrons. The Labute approximate surface area is 203 Å². The molecule has 5 heterocycles. The zero-order valence-electron chi connectivity index (χ0n) is 18.5. The summed E-state index contributed by atoms with van der Waals surface area (Å²) >= 11 is 1.41. The van der Waals surface area contributed by atoms with Gasteiger partial charge in [0, 0.05) is 17.7 Å². The molecule has 13 heteroatoms. The number of nitrogens with zero attached hydrogens (tertiary/aromatic N) is 5. The SMILES string of the molecule is O=C(C1=CCC(c2cc(NC3CC3)n3ncc(/C=C4\NC(=O)N(CO)C4=O)c3n2)S1)N1CC(F)C1. The van der Waals surface area contributed by atoms with Gasteiger partial charge in [0.25, 0.3) is 11.8 Å². The number of allylic oxidation sites excluding steroid dienone is 1. The maximum Gasteiger partial charge on any atom is 0.330 e. The van der Waals surface area contributed by atoms with E-state index in [2.05, 4.69) is 15.7 Å². The summed E-state index contributed by atoms with van der Waals surface area (Å²) in [6.07, 6.45) is 6.69. The molecule has 35 heavy (non-hydrogen) atoms. The zero-order chi connectivity index (χ0) is 24.3. The van der Waals surface area contributed by atoms with E-state index >= 15 is 0 Å². The third-order valence-electron chi connectivity index (χ3n) is 6.30. The fraction of sp³-hybridized carbons (Fsp3) is 0.409. The number of thioether (sulfide) groups is 1. The van der Waals surface area contributed by atoms with Gasteiger partial charge in [-0.05, 0) is 25.3 Å². The van der Waals surface area contributed by atoms with Gasteiger partial charge in [0.1, 0.15) is 24.4 Å². The largest absolute Gasteiger partial charge is 0.376 e. The van der Waals surface area contributed by atoms with Crippen molar-refractivity contribution in [3.05, 3.63) is 40.2 Å². The van der Waals surface area contributed by atoms with E-state index < -0.39 is 24.8 Å². The molecule has 3 aliphatic heterocycles. The van der Waals surface area contributed by atoms with Crippen LogP contribution in [0.5, 0.6) is 0 Å². The molecule has 6 rings (SSSR count). The lowest BCUT2D eigenvalue weighted by Gasteiger charge is -2.34. The molecule has 2 aromatic rings. The molecular formula is C22H22FN7O4S. The molecule has 1 aliphatic carbocycles. The van der Waals surface area contributed by atoms with Crippen LogP contribution in [0.4, 0.5) is 15.0 Å². The number of imide groups is 1. The maximum atomic E-state index is 13.2. The van der Waals surface area contributed by atoms with E-state index in [1.165, 1.54) is 22.7 Å². The Morgan fingerprint density at radius 3 is 2.83 bits per heavy atom. The molecule has 1 atom stereocenters. The van der Waals surface area contributed by atoms with Crippen LogP contribution in [-0.4, -0.2) is 79.4 Å². The smallest absolute Gasteiger partial charge is 0.330 e. The van der Waals surface area contributed by atoms with Crippen molar-refractivity contribution in [1.29, 1.82) is 0 Å². The number of nitrogens with one attached hydrogen (secondary N) is 2. The van der Waals surface area contributed by atoms with E-state index in [1.807, 2.05) is 12.1 Å². The number of halogens is 1. The van der Waals surface area contributed by atoms with Crippen molar-refractivity contribution >= 4 is 47.1 Å². The number of anilines is 1. The average molecular weight is 500 g/mol. The van der Waals surface area contributed by atoms with Crippen molar-refractivity contribution < 1.29 is 23.9 Å². The van der Waals surface area contributed by atoms with E-state index in [4.69, 9.17) is 4.98 Å². The van der Waals surface area contributed by atoms with Gasteiger partial charge in [-0.3, -0.25) is 9.59 Å². The second kappa shape index (κ2) is 8.34. The van der Waals surface area contributed by atoms with E-state index in [1.54, 1.807) is 10.7 Å². The number of carbonyl (C=O) groups excluding carboxylic acids is 3. The first kappa shape index (κ1) is 22.0. The lowest BCUT2D eigenvalue weighted by Crippen LogP contribution is -2.51. The maximum absolute atomic E-state index is 13.2. The van der Waals surface area contributed by atoms with E-state index in [0.717, 1.165) is 24.4 Å². The highest BCUT2D eigenvalue weighted by Gasteiger charge is 2.36. The summed E-state index contributed by atoms with van der Waals surface area (Å²) in [5.41, 5.74) is 1.78. The van der Waals surface area contributed by atoms with Crippen LogP contribution in [0.1, 0.15) is 35.8 Å². The van der Waals surface area contributed by atoms with Gasteiger partial charge in [0.15, 0.2) is 5.65 Å². The normalized spacial score (nSPS) is 23.8. The summed E-state index contributed by atoms with van der Waals surface area (Å²) in [5, 5.41) is 19.5. The topological polar surface area (TPSA) is 132 Å². The van der Waals surface area contributed by atoms with Crippen molar-refractivity contribution in [2.75, 3.05) is 25.1 Å². The van der Waals surface area contributed by atoms with Crippen LogP contribution < -0.4 is 10.6 Å². The van der Waals surface area contributed by atoms with Gasteiger partial charge in [-0.15, -0.1) is 11.8 Å².